The highest BCUT2D eigenvalue weighted by Crippen LogP contribution is 2.29. The molecule has 0 saturated heterocycles. The zero-order valence-corrected chi connectivity index (χ0v) is 19.4. The van der Waals surface area contributed by atoms with Gasteiger partial charge in [-0.3, -0.25) is 4.79 Å². The molecular formula is C23H18BrClN2O5. The third-order valence-electron chi connectivity index (χ3n) is 4.27. The summed E-state index contributed by atoms with van der Waals surface area (Å²) in [6, 6.07) is 16.2. The van der Waals surface area contributed by atoms with Crippen LogP contribution >= 0.6 is 27.5 Å². The maximum Gasteiger partial charge on any atom is 0.343 e. The van der Waals surface area contributed by atoms with Crippen molar-refractivity contribution in [3.05, 3.63) is 86.8 Å². The minimum atomic E-state index is -0.590. The average Bonchev–Trinajstić information content (AvgIpc) is 2.80. The van der Waals surface area contributed by atoms with E-state index in [2.05, 4.69) is 26.5 Å². The number of ether oxygens (including phenoxy) is 3. The number of benzene rings is 3. The lowest BCUT2D eigenvalue weighted by atomic mass is 10.2. The molecule has 3 rings (SSSR count). The summed E-state index contributed by atoms with van der Waals surface area (Å²) in [5.41, 5.74) is 3.59. The third-order valence-corrected chi connectivity index (χ3v) is 5.02. The number of carbonyl (C=O) groups excluding carboxylic acids is 2. The van der Waals surface area contributed by atoms with E-state index in [1.54, 1.807) is 54.6 Å². The van der Waals surface area contributed by atoms with Gasteiger partial charge in [-0.05, 0) is 60.7 Å². The second-order valence-electron chi connectivity index (χ2n) is 6.35. The second kappa shape index (κ2) is 10.8. The van der Waals surface area contributed by atoms with Gasteiger partial charge in [0, 0.05) is 20.6 Å². The Morgan fingerprint density at radius 1 is 0.906 bits per heavy atom. The van der Waals surface area contributed by atoms with Gasteiger partial charge < -0.3 is 14.2 Å². The highest BCUT2D eigenvalue weighted by atomic mass is 79.9. The van der Waals surface area contributed by atoms with E-state index < -0.39 is 11.9 Å². The van der Waals surface area contributed by atoms with Crippen LogP contribution in [0.2, 0.25) is 5.02 Å². The summed E-state index contributed by atoms with van der Waals surface area (Å²) in [6.45, 7) is 0. The molecule has 32 heavy (non-hydrogen) atoms. The van der Waals surface area contributed by atoms with E-state index >= 15 is 0 Å². The Hall–Kier alpha value is -3.36. The topological polar surface area (TPSA) is 86.2 Å². The molecule has 3 aromatic rings. The summed E-state index contributed by atoms with van der Waals surface area (Å²) in [5.74, 6) is 0.170. The molecule has 0 aliphatic heterocycles. The van der Waals surface area contributed by atoms with Crippen molar-refractivity contribution in [2.45, 2.75) is 0 Å². The van der Waals surface area contributed by atoms with Crippen molar-refractivity contribution in [3.63, 3.8) is 0 Å². The molecular weight excluding hydrogens is 500 g/mol. The fourth-order valence-electron chi connectivity index (χ4n) is 2.66. The summed E-state index contributed by atoms with van der Waals surface area (Å²) >= 11 is 9.20. The number of amides is 1. The zero-order valence-electron chi connectivity index (χ0n) is 17.1. The van der Waals surface area contributed by atoms with Crippen LogP contribution in [0, 0.1) is 0 Å². The summed E-state index contributed by atoms with van der Waals surface area (Å²) in [7, 11) is 2.99. The molecule has 0 fully saturated rings. The predicted molar refractivity (Wildman–Crippen MR) is 125 cm³/mol. The van der Waals surface area contributed by atoms with Crippen molar-refractivity contribution in [1.82, 2.24) is 5.43 Å². The summed E-state index contributed by atoms with van der Waals surface area (Å²) in [4.78, 5) is 24.8. The first kappa shape index (κ1) is 23.3. The molecule has 164 valence electrons. The lowest BCUT2D eigenvalue weighted by molar-refractivity contribution is 0.0733. The van der Waals surface area contributed by atoms with Gasteiger partial charge in [0.05, 0.1) is 26.0 Å². The van der Waals surface area contributed by atoms with Crippen molar-refractivity contribution in [2.24, 2.45) is 5.10 Å². The first-order valence-electron chi connectivity index (χ1n) is 9.24. The number of rotatable bonds is 7. The van der Waals surface area contributed by atoms with Crippen LogP contribution in [0.25, 0.3) is 0 Å². The van der Waals surface area contributed by atoms with Crippen LogP contribution in [0.4, 0.5) is 0 Å². The van der Waals surface area contributed by atoms with Crippen LogP contribution in [0.5, 0.6) is 17.2 Å². The quantitative estimate of drug-likeness (QED) is 0.204. The monoisotopic (exact) mass is 516 g/mol. The van der Waals surface area contributed by atoms with Crippen molar-refractivity contribution in [1.29, 1.82) is 0 Å². The van der Waals surface area contributed by atoms with E-state index in [9.17, 15) is 9.59 Å². The van der Waals surface area contributed by atoms with Gasteiger partial charge in [-0.2, -0.15) is 5.10 Å². The Kier molecular flexibility index (Phi) is 7.86. The van der Waals surface area contributed by atoms with Gasteiger partial charge in [0.15, 0.2) is 11.5 Å². The maximum absolute atomic E-state index is 12.7. The van der Waals surface area contributed by atoms with E-state index in [0.717, 1.165) is 4.47 Å². The van der Waals surface area contributed by atoms with Gasteiger partial charge in [0.1, 0.15) is 5.75 Å². The Morgan fingerprint density at radius 3 is 2.25 bits per heavy atom. The fourth-order valence-corrected chi connectivity index (χ4v) is 3.17. The number of halogens is 2. The molecule has 3 aromatic carbocycles. The lowest BCUT2D eigenvalue weighted by Crippen LogP contribution is -2.17. The van der Waals surface area contributed by atoms with Crippen LogP contribution in [0.1, 0.15) is 26.3 Å². The van der Waals surface area contributed by atoms with Gasteiger partial charge in [-0.1, -0.05) is 27.5 Å². The predicted octanol–water partition coefficient (Wildman–Crippen LogP) is 5.10. The number of nitrogens with zero attached hydrogens (tertiary/aromatic N) is 1. The Bertz CT molecular complexity index is 1170. The number of nitrogens with one attached hydrogen (secondary N) is 1. The van der Waals surface area contributed by atoms with Crippen LogP contribution in [0.3, 0.4) is 0 Å². The first-order valence-corrected chi connectivity index (χ1v) is 10.4. The molecule has 0 aliphatic carbocycles. The molecule has 1 amide bonds. The van der Waals surface area contributed by atoms with Gasteiger partial charge >= 0.3 is 5.97 Å². The van der Waals surface area contributed by atoms with Crippen molar-refractivity contribution in [3.8, 4) is 17.2 Å². The van der Waals surface area contributed by atoms with Gasteiger partial charge in [0.2, 0.25) is 0 Å². The number of esters is 1. The van der Waals surface area contributed by atoms with E-state index in [1.165, 1.54) is 26.5 Å². The normalized spacial score (nSPS) is 10.6. The molecule has 0 radical (unpaired) electrons. The molecule has 0 saturated carbocycles. The van der Waals surface area contributed by atoms with Crippen LogP contribution < -0.4 is 19.6 Å². The van der Waals surface area contributed by atoms with Crippen LogP contribution in [0.15, 0.2) is 70.2 Å². The first-order chi connectivity index (χ1) is 15.4. The van der Waals surface area contributed by atoms with E-state index in [1.807, 2.05) is 0 Å². The van der Waals surface area contributed by atoms with Crippen molar-refractivity contribution < 1.29 is 23.8 Å². The Balaban J connectivity index is 1.76. The summed E-state index contributed by atoms with van der Waals surface area (Å²) in [6.07, 6.45) is 1.38. The smallest absolute Gasteiger partial charge is 0.343 e. The molecule has 7 nitrogen and oxygen atoms in total. The largest absolute Gasteiger partial charge is 0.493 e. The molecule has 9 heteroatoms. The van der Waals surface area contributed by atoms with Crippen LogP contribution in [-0.4, -0.2) is 32.3 Å². The molecule has 0 bridgehead atoms. The molecule has 1 N–H and O–H groups in total. The van der Waals surface area contributed by atoms with E-state index in [4.69, 9.17) is 25.8 Å². The second-order valence-corrected chi connectivity index (χ2v) is 7.70. The molecule has 0 heterocycles. The van der Waals surface area contributed by atoms with Crippen LogP contribution in [-0.2, 0) is 0 Å². The highest BCUT2D eigenvalue weighted by Gasteiger charge is 2.15. The molecule has 0 unspecified atom stereocenters. The van der Waals surface area contributed by atoms with Gasteiger partial charge in [0.25, 0.3) is 5.91 Å². The fraction of sp³-hybridized carbons (Fsp3) is 0.0870. The minimum Gasteiger partial charge on any atom is -0.493 e. The molecule has 0 aromatic heterocycles. The summed E-state index contributed by atoms with van der Waals surface area (Å²) < 4.78 is 16.7. The average molecular weight is 518 g/mol. The van der Waals surface area contributed by atoms with Gasteiger partial charge in [-0.25, -0.2) is 10.2 Å². The SMILES string of the molecule is COc1ccc(C(=O)Oc2ccc(Br)cc2/C=N/NC(=O)c2ccc(Cl)cc2)cc1OC. The van der Waals surface area contributed by atoms with Gasteiger partial charge in [-0.15, -0.1) is 0 Å². The van der Waals surface area contributed by atoms with E-state index in [0.29, 0.717) is 27.6 Å². The zero-order chi connectivity index (χ0) is 23.1. The Morgan fingerprint density at radius 2 is 1.56 bits per heavy atom. The third kappa shape index (κ3) is 5.87. The van der Waals surface area contributed by atoms with E-state index in [-0.39, 0.29) is 11.3 Å². The van der Waals surface area contributed by atoms with Crippen molar-refractivity contribution >= 4 is 45.6 Å². The number of hydrogen-bond acceptors (Lipinski definition) is 6. The number of hydrazone groups is 1. The maximum atomic E-state index is 12.7. The standard InChI is InChI=1S/C23H18BrClN2O5/c1-30-20-9-5-15(12-21(20)31-2)23(29)32-19-10-6-17(24)11-16(19)13-26-27-22(28)14-3-7-18(25)8-4-14/h3-13H,1-2H3,(H,27,28)/b26-13+. The Labute approximate surface area is 198 Å². The molecule has 0 atom stereocenters. The molecule has 0 aliphatic rings. The van der Waals surface area contributed by atoms with Crippen molar-refractivity contribution in [2.75, 3.05) is 14.2 Å². The number of methoxy groups -OCH3 is 2. The number of hydrogen-bond donors (Lipinski definition) is 1. The minimum absolute atomic E-state index is 0.262. The molecule has 0 spiro atoms. The summed E-state index contributed by atoms with van der Waals surface area (Å²) in [5, 5.41) is 4.49. The number of carbonyl (C=O) groups is 2. The lowest BCUT2D eigenvalue weighted by Gasteiger charge is -2.11. The highest BCUT2D eigenvalue weighted by molar-refractivity contribution is 9.10.